The van der Waals surface area contributed by atoms with Crippen molar-refractivity contribution in [3.8, 4) is 0 Å². The van der Waals surface area contributed by atoms with Gasteiger partial charge in [-0.3, -0.25) is 9.59 Å². The molecule has 0 saturated heterocycles. The van der Waals surface area contributed by atoms with E-state index in [9.17, 15) is 9.59 Å². The molecule has 7 heteroatoms. The van der Waals surface area contributed by atoms with Gasteiger partial charge in [0.25, 0.3) is 0 Å². The smallest absolute Gasteiger partial charge is 0.243 e. The molecule has 162 valence electrons. The number of halogens is 3. The topological polar surface area (TPSA) is 49.4 Å². The molecule has 0 aromatic heterocycles. The first-order valence-corrected chi connectivity index (χ1v) is 10.9. The molecule has 0 aliphatic rings. The number of nitrogens with zero attached hydrogens (tertiary/aromatic N) is 1. The number of carbonyl (C=O) groups is 2. The summed E-state index contributed by atoms with van der Waals surface area (Å²) in [5.41, 5.74) is 1.02. The maximum atomic E-state index is 13.3. The van der Waals surface area contributed by atoms with Gasteiger partial charge in [0.1, 0.15) is 6.04 Å². The Kier molecular flexibility index (Phi) is 8.60. The van der Waals surface area contributed by atoms with E-state index >= 15 is 0 Å². The molecule has 0 heterocycles. The lowest BCUT2D eigenvalue weighted by molar-refractivity contribution is -0.141. The van der Waals surface area contributed by atoms with Crippen molar-refractivity contribution in [2.45, 2.75) is 58.7 Å². The van der Waals surface area contributed by atoms with Crippen molar-refractivity contribution in [1.29, 1.82) is 0 Å². The monoisotopic (exact) mass is 468 g/mol. The van der Waals surface area contributed by atoms with E-state index in [2.05, 4.69) is 5.32 Å². The Morgan fingerprint density at radius 3 is 2.23 bits per heavy atom. The Hall–Kier alpha value is -1.75. The summed E-state index contributed by atoms with van der Waals surface area (Å²) in [4.78, 5) is 27.9. The summed E-state index contributed by atoms with van der Waals surface area (Å²) in [7, 11) is 0. The number of amides is 2. The first-order valence-electron chi connectivity index (χ1n) is 9.80. The molecule has 0 unspecified atom stereocenters. The highest BCUT2D eigenvalue weighted by Gasteiger charge is 2.31. The fourth-order valence-corrected chi connectivity index (χ4v) is 3.78. The Labute approximate surface area is 193 Å². The first-order chi connectivity index (χ1) is 14.0. The van der Waals surface area contributed by atoms with Gasteiger partial charge in [-0.05, 0) is 56.5 Å². The zero-order valence-corrected chi connectivity index (χ0v) is 19.9. The van der Waals surface area contributed by atoms with Gasteiger partial charge >= 0.3 is 0 Å². The molecule has 30 heavy (non-hydrogen) atoms. The Morgan fingerprint density at radius 1 is 1.00 bits per heavy atom. The summed E-state index contributed by atoms with van der Waals surface area (Å²) in [5.74, 6) is -0.414. The van der Waals surface area contributed by atoms with Crippen LogP contribution in [0.2, 0.25) is 15.1 Å². The van der Waals surface area contributed by atoms with E-state index in [1.807, 2.05) is 45.9 Å². The van der Waals surface area contributed by atoms with Crippen LogP contribution in [0, 0.1) is 0 Å². The van der Waals surface area contributed by atoms with Gasteiger partial charge in [-0.25, -0.2) is 0 Å². The number of benzene rings is 2. The van der Waals surface area contributed by atoms with E-state index in [-0.39, 0.29) is 24.8 Å². The van der Waals surface area contributed by atoms with E-state index in [0.29, 0.717) is 27.1 Å². The van der Waals surface area contributed by atoms with Crippen LogP contribution in [0.3, 0.4) is 0 Å². The van der Waals surface area contributed by atoms with Crippen LogP contribution in [0.5, 0.6) is 0 Å². The third-order valence-corrected chi connectivity index (χ3v) is 5.50. The first kappa shape index (κ1) is 24.5. The van der Waals surface area contributed by atoms with Gasteiger partial charge in [0, 0.05) is 27.2 Å². The van der Waals surface area contributed by atoms with Crippen molar-refractivity contribution in [1.82, 2.24) is 10.2 Å². The quantitative estimate of drug-likeness (QED) is 0.548. The number of rotatable bonds is 7. The molecular weight excluding hydrogens is 443 g/mol. The van der Waals surface area contributed by atoms with Crippen LogP contribution in [-0.2, 0) is 22.6 Å². The van der Waals surface area contributed by atoms with E-state index < -0.39 is 11.6 Å². The minimum Gasteiger partial charge on any atom is -0.350 e. The Balaban J connectivity index is 2.37. The molecular formula is C23H27Cl3N2O2. The van der Waals surface area contributed by atoms with Gasteiger partial charge in [-0.2, -0.15) is 0 Å². The molecule has 0 saturated carbocycles. The van der Waals surface area contributed by atoms with Crippen LogP contribution >= 0.6 is 34.8 Å². The summed E-state index contributed by atoms with van der Waals surface area (Å²) in [5, 5.41) is 4.44. The molecule has 0 bridgehead atoms. The molecule has 0 fully saturated rings. The predicted octanol–water partition coefficient (Wildman–Crippen LogP) is 5.91. The molecule has 2 aromatic rings. The van der Waals surface area contributed by atoms with Gasteiger partial charge < -0.3 is 10.2 Å². The van der Waals surface area contributed by atoms with Gasteiger partial charge in [0.15, 0.2) is 0 Å². The van der Waals surface area contributed by atoms with Gasteiger partial charge in [-0.15, -0.1) is 0 Å². The zero-order valence-electron chi connectivity index (χ0n) is 17.6. The second-order valence-electron chi connectivity index (χ2n) is 8.19. The van der Waals surface area contributed by atoms with Crippen LogP contribution in [0.25, 0.3) is 0 Å². The molecule has 1 N–H and O–H groups in total. The second kappa shape index (κ2) is 10.5. The minimum atomic E-state index is -0.640. The molecule has 1 atom stereocenters. The lowest BCUT2D eigenvalue weighted by Gasteiger charge is -2.33. The summed E-state index contributed by atoms with van der Waals surface area (Å²) in [6.45, 7) is 7.83. The third-order valence-electron chi connectivity index (χ3n) is 4.54. The number of hydrogen-bond acceptors (Lipinski definition) is 2. The third kappa shape index (κ3) is 6.90. The summed E-state index contributed by atoms with van der Waals surface area (Å²) in [6.07, 6.45) is 0.520. The van der Waals surface area contributed by atoms with Crippen molar-refractivity contribution in [3.63, 3.8) is 0 Å². The van der Waals surface area contributed by atoms with Crippen molar-refractivity contribution in [2.24, 2.45) is 0 Å². The SMILES string of the molecule is CC[C@@H](C(=O)NC(C)(C)C)N(Cc1ccccc1Cl)C(=O)Cc1ccc(Cl)cc1Cl. The maximum absolute atomic E-state index is 13.3. The fraction of sp³-hybridized carbons (Fsp3) is 0.391. The van der Waals surface area contributed by atoms with E-state index in [4.69, 9.17) is 34.8 Å². The van der Waals surface area contributed by atoms with Gasteiger partial charge in [0.2, 0.25) is 11.8 Å². The predicted molar refractivity (Wildman–Crippen MR) is 124 cm³/mol. The molecule has 2 amide bonds. The standard InChI is InChI=1S/C23H27Cl3N2O2/c1-5-20(22(30)27-23(2,3)4)28(14-16-8-6-7-9-18(16)25)21(29)12-15-10-11-17(24)13-19(15)26/h6-11,13,20H,5,12,14H2,1-4H3,(H,27,30)/t20-/m0/s1. The van der Waals surface area contributed by atoms with E-state index in [1.54, 1.807) is 29.2 Å². The van der Waals surface area contributed by atoms with Crippen LogP contribution in [0.15, 0.2) is 42.5 Å². The molecule has 0 radical (unpaired) electrons. The molecule has 4 nitrogen and oxygen atoms in total. The molecule has 0 spiro atoms. The lowest BCUT2D eigenvalue weighted by Crippen LogP contribution is -2.53. The van der Waals surface area contributed by atoms with Gasteiger partial charge in [-0.1, -0.05) is 66.0 Å². The van der Waals surface area contributed by atoms with Crippen molar-refractivity contribution < 1.29 is 9.59 Å². The minimum absolute atomic E-state index is 0.0553. The summed E-state index contributed by atoms with van der Waals surface area (Å²) in [6, 6.07) is 11.7. The number of carbonyl (C=O) groups excluding carboxylic acids is 2. The summed E-state index contributed by atoms with van der Waals surface area (Å²) < 4.78 is 0. The van der Waals surface area contributed by atoms with Crippen LogP contribution in [0.4, 0.5) is 0 Å². The molecule has 0 aliphatic heterocycles. The second-order valence-corrected chi connectivity index (χ2v) is 9.44. The van der Waals surface area contributed by atoms with Crippen LogP contribution in [0.1, 0.15) is 45.2 Å². The highest BCUT2D eigenvalue weighted by atomic mass is 35.5. The molecule has 0 aliphatic carbocycles. The fourth-order valence-electron chi connectivity index (χ4n) is 3.11. The summed E-state index contributed by atoms with van der Waals surface area (Å²) >= 11 is 18.6. The average molecular weight is 470 g/mol. The molecule has 2 rings (SSSR count). The largest absolute Gasteiger partial charge is 0.350 e. The highest BCUT2D eigenvalue weighted by molar-refractivity contribution is 6.35. The van der Waals surface area contributed by atoms with Crippen molar-refractivity contribution in [3.05, 3.63) is 68.7 Å². The Bertz CT molecular complexity index is 910. The lowest BCUT2D eigenvalue weighted by atomic mass is 10.0. The zero-order chi connectivity index (χ0) is 22.5. The average Bonchev–Trinajstić information content (AvgIpc) is 2.63. The van der Waals surface area contributed by atoms with Gasteiger partial charge in [0.05, 0.1) is 6.42 Å². The van der Waals surface area contributed by atoms with Crippen LogP contribution < -0.4 is 5.32 Å². The highest BCUT2D eigenvalue weighted by Crippen LogP contribution is 2.24. The van der Waals surface area contributed by atoms with Crippen molar-refractivity contribution in [2.75, 3.05) is 0 Å². The van der Waals surface area contributed by atoms with E-state index in [0.717, 1.165) is 5.56 Å². The Morgan fingerprint density at radius 2 is 1.67 bits per heavy atom. The van der Waals surface area contributed by atoms with E-state index in [1.165, 1.54) is 0 Å². The normalized spacial score (nSPS) is 12.4. The number of nitrogens with one attached hydrogen (secondary N) is 1. The maximum Gasteiger partial charge on any atom is 0.243 e. The number of hydrogen-bond donors (Lipinski definition) is 1. The van der Waals surface area contributed by atoms with Crippen molar-refractivity contribution >= 4 is 46.6 Å². The van der Waals surface area contributed by atoms with Crippen LogP contribution in [-0.4, -0.2) is 28.3 Å². The molecule has 2 aromatic carbocycles.